The van der Waals surface area contributed by atoms with Crippen molar-refractivity contribution in [3.05, 3.63) is 51.5 Å². The lowest BCUT2D eigenvalue weighted by Crippen LogP contribution is -2.16. The first kappa shape index (κ1) is 18.8. The summed E-state index contributed by atoms with van der Waals surface area (Å²) in [5, 5.41) is 0.550. The van der Waals surface area contributed by atoms with Gasteiger partial charge in [-0.1, -0.05) is 29.8 Å². The van der Waals surface area contributed by atoms with Crippen molar-refractivity contribution in [3.63, 3.8) is 0 Å². The van der Waals surface area contributed by atoms with Gasteiger partial charge in [-0.2, -0.15) is 0 Å². The summed E-state index contributed by atoms with van der Waals surface area (Å²) in [5.41, 5.74) is 8.72. The lowest BCUT2D eigenvalue weighted by atomic mass is 10.0. The molecular weight excluding hydrogens is 364 g/mol. The van der Waals surface area contributed by atoms with Gasteiger partial charge in [-0.3, -0.25) is 14.2 Å². The molecule has 2 N–H and O–H groups in total. The molecule has 3 rings (SSSR count). The zero-order valence-corrected chi connectivity index (χ0v) is 16.4. The normalized spacial score (nSPS) is 11.0. The molecule has 0 aliphatic rings. The number of anilines is 1. The van der Waals surface area contributed by atoms with Crippen LogP contribution in [0.5, 0.6) is 0 Å². The first-order valence-corrected chi connectivity index (χ1v) is 9.32. The number of fused-ring (bicyclic) bond motifs is 1. The van der Waals surface area contributed by atoms with Gasteiger partial charge in [0.05, 0.1) is 12.3 Å². The Balaban J connectivity index is 2.25. The maximum absolute atomic E-state index is 13.1. The van der Waals surface area contributed by atoms with Crippen molar-refractivity contribution < 1.29 is 19.1 Å². The van der Waals surface area contributed by atoms with Crippen LogP contribution in [0, 0.1) is 13.8 Å². The average Bonchev–Trinajstić information content (AvgIpc) is 3.10. The SMILES string of the molecule is CCOC(=O)c1sc2c(c1C)c(N)c(C(=O)c1ccc(C)cc1)n2C(C)=O. The molecule has 0 saturated carbocycles. The lowest BCUT2D eigenvalue weighted by molar-refractivity contribution is 0.0531. The van der Waals surface area contributed by atoms with E-state index >= 15 is 0 Å². The van der Waals surface area contributed by atoms with E-state index in [2.05, 4.69) is 0 Å². The number of benzene rings is 1. The Morgan fingerprint density at radius 3 is 2.33 bits per heavy atom. The van der Waals surface area contributed by atoms with Gasteiger partial charge in [0.1, 0.15) is 15.4 Å². The summed E-state index contributed by atoms with van der Waals surface area (Å²) in [4.78, 5) is 38.5. The van der Waals surface area contributed by atoms with E-state index in [-0.39, 0.29) is 29.7 Å². The second-order valence-corrected chi connectivity index (χ2v) is 7.27. The number of carbonyl (C=O) groups is 3. The molecule has 0 aliphatic carbocycles. The number of esters is 1. The third-order valence-corrected chi connectivity index (χ3v) is 5.64. The van der Waals surface area contributed by atoms with Crippen molar-refractivity contribution in [3.8, 4) is 0 Å². The van der Waals surface area contributed by atoms with Crippen LogP contribution in [0.3, 0.4) is 0 Å². The third kappa shape index (κ3) is 3.04. The monoisotopic (exact) mass is 384 g/mol. The van der Waals surface area contributed by atoms with Crippen LogP contribution in [0.25, 0.3) is 10.2 Å². The summed E-state index contributed by atoms with van der Waals surface area (Å²) >= 11 is 1.11. The van der Waals surface area contributed by atoms with E-state index < -0.39 is 5.97 Å². The predicted octanol–water partition coefficient (Wildman–Crippen LogP) is 3.97. The highest BCUT2D eigenvalue weighted by Gasteiger charge is 2.29. The van der Waals surface area contributed by atoms with Crippen molar-refractivity contribution in [2.45, 2.75) is 27.7 Å². The van der Waals surface area contributed by atoms with Gasteiger partial charge in [0.25, 0.3) is 0 Å². The maximum Gasteiger partial charge on any atom is 0.348 e. The number of hydrogen-bond donors (Lipinski definition) is 1. The number of nitrogens with two attached hydrogens (primary N) is 1. The third-order valence-electron chi connectivity index (χ3n) is 4.38. The van der Waals surface area contributed by atoms with Gasteiger partial charge >= 0.3 is 5.97 Å². The van der Waals surface area contributed by atoms with E-state index in [0.717, 1.165) is 16.9 Å². The minimum Gasteiger partial charge on any atom is -0.462 e. The summed E-state index contributed by atoms with van der Waals surface area (Å²) in [6.45, 7) is 7.01. The largest absolute Gasteiger partial charge is 0.462 e. The topological polar surface area (TPSA) is 91.4 Å². The number of nitrogens with zero attached hydrogens (tertiary/aromatic N) is 1. The Labute approximate surface area is 160 Å². The Bertz CT molecular complexity index is 1070. The van der Waals surface area contributed by atoms with Crippen LogP contribution in [0.2, 0.25) is 0 Å². The molecule has 0 spiro atoms. The fourth-order valence-corrected chi connectivity index (χ4v) is 4.34. The van der Waals surface area contributed by atoms with Crippen molar-refractivity contribution in [1.29, 1.82) is 0 Å². The zero-order valence-electron chi connectivity index (χ0n) is 15.6. The van der Waals surface area contributed by atoms with Gasteiger partial charge in [-0.05, 0) is 26.3 Å². The van der Waals surface area contributed by atoms with Crippen LogP contribution in [-0.2, 0) is 4.74 Å². The number of carbonyl (C=O) groups excluding carboxylic acids is 3. The molecule has 2 aromatic heterocycles. The Hall–Kier alpha value is -2.93. The van der Waals surface area contributed by atoms with Gasteiger partial charge in [-0.15, -0.1) is 11.3 Å². The molecular formula is C20H20N2O4S. The average molecular weight is 384 g/mol. The first-order valence-electron chi connectivity index (χ1n) is 8.50. The number of hydrogen-bond acceptors (Lipinski definition) is 6. The summed E-state index contributed by atoms with van der Waals surface area (Å²) in [7, 11) is 0. The van der Waals surface area contributed by atoms with Crippen LogP contribution in [-0.4, -0.2) is 28.8 Å². The van der Waals surface area contributed by atoms with Crippen molar-refractivity contribution in [2.24, 2.45) is 0 Å². The van der Waals surface area contributed by atoms with Crippen LogP contribution >= 0.6 is 11.3 Å². The minimum absolute atomic E-state index is 0.131. The second kappa shape index (κ2) is 7.00. The van der Waals surface area contributed by atoms with E-state index in [4.69, 9.17) is 10.5 Å². The lowest BCUT2D eigenvalue weighted by Gasteiger charge is -2.07. The molecule has 1 aromatic carbocycles. The Morgan fingerprint density at radius 2 is 1.78 bits per heavy atom. The summed E-state index contributed by atoms with van der Waals surface area (Å²) < 4.78 is 6.37. The molecule has 0 fully saturated rings. The predicted molar refractivity (Wildman–Crippen MR) is 106 cm³/mol. The van der Waals surface area contributed by atoms with Crippen molar-refractivity contribution in [2.75, 3.05) is 12.3 Å². The Morgan fingerprint density at radius 1 is 1.15 bits per heavy atom. The molecule has 0 unspecified atom stereocenters. The van der Waals surface area contributed by atoms with Gasteiger partial charge in [0.15, 0.2) is 0 Å². The molecule has 140 valence electrons. The summed E-state index contributed by atoms with van der Waals surface area (Å²) in [6, 6.07) is 7.08. The summed E-state index contributed by atoms with van der Waals surface area (Å²) in [6.07, 6.45) is 0. The van der Waals surface area contributed by atoms with Gasteiger partial charge < -0.3 is 10.5 Å². The standard InChI is InChI=1S/C20H20N2O4S/c1-5-26-20(25)18-11(3)14-15(21)16(22(12(4)23)19(14)27-18)17(24)13-8-6-10(2)7-9-13/h6-9H,5,21H2,1-4H3. The van der Waals surface area contributed by atoms with Crippen LogP contribution in [0.15, 0.2) is 24.3 Å². The van der Waals surface area contributed by atoms with Gasteiger partial charge in [0, 0.05) is 17.9 Å². The number of aryl methyl sites for hydroxylation is 2. The smallest absolute Gasteiger partial charge is 0.348 e. The minimum atomic E-state index is -0.461. The molecule has 3 aromatic rings. The van der Waals surface area contributed by atoms with E-state index in [1.807, 2.05) is 19.1 Å². The molecule has 2 heterocycles. The molecule has 0 aliphatic heterocycles. The fraction of sp³-hybridized carbons (Fsp3) is 0.250. The van der Waals surface area contributed by atoms with Crippen LogP contribution < -0.4 is 5.73 Å². The van der Waals surface area contributed by atoms with E-state index in [1.165, 1.54) is 11.5 Å². The van der Waals surface area contributed by atoms with Crippen LogP contribution in [0.1, 0.15) is 55.5 Å². The molecule has 0 atom stereocenters. The van der Waals surface area contributed by atoms with Crippen molar-refractivity contribution in [1.82, 2.24) is 4.57 Å². The molecule has 27 heavy (non-hydrogen) atoms. The highest BCUT2D eigenvalue weighted by molar-refractivity contribution is 7.21. The number of thiophene rings is 1. The first-order chi connectivity index (χ1) is 12.8. The summed E-state index contributed by atoms with van der Waals surface area (Å²) in [5.74, 6) is -1.14. The highest BCUT2D eigenvalue weighted by atomic mass is 32.1. The maximum atomic E-state index is 13.1. The number of aromatic nitrogens is 1. The fourth-order valence-electron chi connectivity index (χ4n) is 3.07. The highest BCUT2D eigenvalue weighted by Crippen LogP contribution is 2.40. The van der Waals surface area contributed by atoms with Crippen molar-refractivity contribution >= 4 is 44.9 Å². The van der Waals surface area contributed by atoms with Gasteiger partial charge in [-0.25, -0.2) is 4.79 Å². The number of rotatable bonds is 4. The molecule has 0 saturated heterocycles. The molecule has 0 amide bonds. The molecule has 0 bridgehead atoms. The van der Waals surface area contributed by atoms with Crippen LogP contribution in [0.4, 0.5) is 5.69 Å². The van der Waals surface area contributed by atoms with Gasteiger partial charge in [0.2, 0.25) is 11.7 Å². The van der Waals surface area contributed by atoms with E-state index in [1.54, 1.807) is 26.0 Å². The van der Waals surface area contributed by atoms with E-state index in [0.29, 0.717) is 26.2 Å². The number of ether oxygens (including phenoxy) is 1. The molecule has 0 radical (unpaired) electrons. The zero-order chi connectivity index (χ0) is 19.9. The van der Waals surface area contributed by atoms with E-state index in [9.17, 15) is 14.4 Å². The molecule has 6 nitrogen and oxygen atoms in total. The Kier molecular flexibility index (Phi) is 4.89. The number of ketones is 1. The second-order valence-electron chi connectivity index (χ2n) is 6.27. The number of nitrogen functional groups attached to an aromatic ring is 1. The molecule has 7 heteroatoms. The quantitative estimate of drug-likeness (QED) is 0.543.